The summed E-state index contributed by atoms with van der Waals surface area (Å²) in [5.74, 6) is 0. The van der Waals surface area contributed by atoms with E-state index in [9.17, 15) is 13.2 Å². The molecule has 1 rings (SSSR count). The fourth-order valence-electron chi connectivity index (χ4n) is 1.15. The summed E-state index contributed by atoms with van der Waals surface area (Å²) in [6.07, 6.45) is 4.08. The van der Waals surface area contributed by atoms with Gasteiger partial charge in [0.15, 0.2) is 0 Å². The first kappa shape index (κ1) is 14.2. The second kappa shape index (κ2) is 5.18. The molecule has 0 aromatic heterocycles. The van der Waals surface area contributed by atoms with E-state index in [1.807, 2.05) is 0 Å². The SMILES string of the molecule is COS(=O)(=O)OS(C)(C)c1ccc(C=O)cc1. The molecule has 17 heavy (non-hydrogen) atoms. The maximum absolute atomic E-state index is 11.2. The van der Waals surface area contributed by atoms with E-state index in [4.69, 9.17) is 3.63 Å². The van der Waals surface area contributed by atoms with Crippen LogP contribution < -0.4 is 0 Å². The number of carbonyl (C=O) groups excluding carboxylic acids is 1. The lowest BCUT2D eigenvalue weighted by atomic mass is 10.2. The molecular formula is C10H14O5S2. The maximum atomic E-state index is 11.2. The molecule has 0 heterocycles. The summed E-state index contributed by atoms with van der Waals surface area (Å²) in [6, 6.07) is 6.56. The molecule has 0 aliphatic carbocycles. The third-order valence-corrected chi connectivity index (χ3v) is 5.88. The van der Waals surface area contributed by atoms with Gasteiger partial charge in [-0.15, -0.1) is 0 Å². The molecule has 0 fully saturated rings. The van der Waals surface area contributed by atoms with Gasteiger partial charge < -0.3 is 0 Å². The molecule has 1 aromatic carbocycles. The quantitative estimate of drug-likeness (QED) is 0.767. The second-order valence-corrected chi connectivity index (χ2v) is 8.19. The van der Waals surface area contributed by atoms with Crippen molar-refractivity contribution in [3.05, 3.63) is 29.8 Å². The van der Waals surface area contributed by atoms with Crippen LogP contribution in [-0.4, -0.2) is 34.3 Å². The lowest BCUT2D eigenvalue weighted by Gasteiger charge is -2.29. The standard InChI is InChI=1S/C10H14O5S2/c1-14-17(12,13)15-16(2,3)10-6-4-9(8-11)5-7-10/h4-8H,1-3H3. The van der Waals surface area contributed by atoms with Crippen LogP contribution in [0.3, 0.4) is 0 Å². The van der Waals surface area contributed by atoms with Crippen molar-refractivity contribution in [1.29, 1.82) is 0 Å². The fraction of sp³-hybridized carbons (Fsp3) is 0.300. The van der Waals surface area contributed by atoms with Crippen molar-refractivity contribution in [2.24, 2.45) is 0 Å². The van der Waals surface area contributed by atoms with Crippen LogP contribution in [0.4, 0.5) is 0 Å². The van der Waals surface area contributed by atoms with Crippen LogP contribution in [-0.2, 0) is 18.2 Å². The largest absolute Gasteiger partial charge is 0.409 e. The average molecular weight is 278 g/mol. The first-order valence-electron chi connectivity index (χ1n) is 4.61. The van der Waals surface area contributed by atoms with Gasteiger partial charge in [0, 0.05) is 10.5 Å². The Balaban J connectivity index is 3.00. The third kappa shape index (κ3) is 3.81. The van der Waals surface area contributed by atoms with Crippen molar-refractivity contribution in [1.82, 2.24) is 0 Å². The Labute approximate surface area is 103 Å². The highest BCUT2D eigenvalue weighted by atomic mass is 32.3. The van der Waals surface area contributed by atoms with Crippen LogP contribution in [0.5, 0.6) is 0 Å². The molecule has 0 saturated carbocycles. The average Bonchev–Trinajstić information content (AvgIpc) is 2.28. The summed E-state index contributed by atoms with van der Waals surface area (Å²) in [4.78, 5) is 11.2. The first-order valence-corrected chi connectivity index (χ1v) is 8.32. The van der Waals surface area contributed by atoms with Gasteiger partial charge in [-0.25, -0.2) is 0 Å². The fourth-order valence-corrected chi connectivity index (χ4v) is 4.14. The van der Waals surface area contributed by atoms with Crippen LogP contribution in [0.15, 0.2) is 29.2 Å². The number of carbonyl (C=O) groups is 1. The topological polar surface area (TPSA) is 69.7 Å². The normalized spacial score (nSPS) is 13.4. The first-order chi connectivity index (χ1) is 7.80. The number of benzene rings is 1. The van der Waals surface area contributed by atoms with E-state index >= 15 is 0 Å². The van der Waals surface area contributed by atoms with Crippen LogP contribution in [0.2, 0.25) is 0 Å². The highest BCUT2D eigenvalue weighted by Gasteiger charge is 2.24. The van der Waals surface area contributed by atoms with Gasteiger partial charge >= 0.3 is 10.4 Å². The molecule has 0 amide bonds. The van der Waals surface area contributed by atoms with Crippen molar-refractivity contribution in [3.63, 3.8) is 0 Å². The molecule has 0 unspecified atom stereocenters. The molecule has 5 nitrogen and oxygen atoms in total. The Morgan fingerprint density at radius 2 is 1.65 bits per heavy atom. The Hall–Kier alpha value is -0.890. The van der Waals surface area contributed by atoms with E-state index in [1.54, 1.807) is 36.8 Å². The molecular weight excluding hydrogens is 264 g/mol. The number of hydrogen-bond acceptors (Lipinski definition) is 5. The molecule has 0 spiro atoms. The van der Waals surface area contributed by atoms with E-state index in [0.29, 0.717) is 10.5 Å². The minimum atomic E-state index is -3.97. The highest BCUT2D eigenvalue weighted by molar-refractivity contribution is 8.31. The van der Waals surface area contributed by atoms with Gasteiger partial charge in [-0.1, -0.05) is 22.4 Å². The van der Waals surface area contributed by atoms with E-state index in [1.165, 1.54) is 0 Å². The summed E-state index contributed by atoms with van der Waals surface area (Å²) in [7, 11) is -4.92. The minimum absolute atomic E-state index is 0.526. The van der Waals surface area contributed by atoms with Crippen LogP contribution in [0, 0.1) is 0 Å². The molecule has 0 radical (unpaired) electrons. The number of aldehydes is 1. The van der Waals surface area contributed by atoms with Crippen LogP contribution in [0.25, 0.3) is 0 Å². The zero-order valence-corrected chi connectivity index (χ0v) is 11.4. The summed E-state index contributed by atoms with van der Waals surface area (Å²) in [5, 5.41) is 0. The van der Waals surface area contributed by atoms with E-state index < -0.39 is 20.7 Å². The summed E-state index contributed by atoms with van der Waals surface area (Å²) >= 11 is 0. The Kier molecular flexibility index (Phi) is 4.31. The second-order valence-electron chi connectivity index (χ2n) is 3.56. The molecule has 1 aromatic rings. The molecule has 0 saturated heterocycles. The monoisotopic (exact) mass is 278 g/mol. The maximum Gasteiger partial charge on any atom is 0.409 e. The van der Waals surface area contributed by atoms with Crippen molar-refractivity contribution in [2.75, 3.05) is 19.6 Å². The van der Waals surface area contributed by atoms with Crippen molar-refractivity contribution in [2.45, 2.75) is 4.90 Å². The summed E-state index contributed by atoms with van der Waals surface area (Å²) in [6.45, 7) is 0. The molecule has 96 valence electrons. The lowest BCUT2D eigenvalue weighted by Crippen LogP contribution is -2.11. The molecule has 0 aliphatic rings. The van der Waals surface area contributed by atoms with Crippen LogP contribution >= 0.6 is 10.3 Å². The highest BCUT2D eigenvalue weighted by Crippen LogP contribution is 2.51. The Morgan fingerprint density at radius 1 is 1.12 bits per heavy atom. The molecule has 0 bridgehead atoms. The Morgan fingerprint density at radius 3 is 2.06 bits per heavy atom. The van der Waals surface area contributed by atoms with Gasteiger partial charge in [-0.2, -0.15) is 12.0 Å². The van der Waals surface area contributed by atoms with Crippen molar-refractivity contribution < 1.29 is 21.0 Å². The Bertz CT molecular complexity index is 490. The van der Waals surface area contributed by atoms with E-state index in [0.717, 1.165) is 13.4 Å². The van der Waals surface area contributed by atoms with Crippen molar-refractivity contribution >= 4 is 27.0 Å². The smallest absolute Gasteiger partial charge is 0.298 e. The van der Waals surface area contributed by atoms with Crippen LogP contribution in [0.1, 0.15) is 10.4 Å². The predicted molar refractivity (Wildman–Crippen MR) is 66.5 cm³/mol. The lowest BCUT2D eigenvalue weighted by molar-refractivity contribution is 0.112. The van der Waals surface area contributed by atoms with Gasteiger partial charge in [0.1, 0.15) is 6.29 Å². The van der Waals surface area contributed by atoms with Gasteiger partial charge in [0.05, 0.1) is 7.11 Å². The molecule has 7 heteroatoms. The van der Waals surface area contributed by atoms with Gasteiger partial charge in [-0.3, -0.25) is 8.98 Å². The molecule has 0 aliphatic heterocycles. The molecule has 0 N–H and O–H groups in total. The van der Waals surface area contributed by atoms with Crippen molar-refractivity contribution in [3.8, 4) is 0 Å². The zero-order valence-electron chi connectivity index (χ0n) is 9.74. The number of hydrogen-bond donors (Lipinski definition) is 0. The van der Waals surface area contributed by atoms with E-state index in [-0.39, 0.29) is 0 Å². The van der Waals surface area contributed by atoms with Gasteiger partial charge in [-0.05, 0) is 24.6 Å². The summed E-state index contributed by atoms with van der Waals surface area (Å²) in [5.41, 5.74) is 0.526. The van der Waals surface area contributed by atoms with Gasteiger partial charge in [0.2, 0.25) is 0 Å². The predicted octanol–water partition coefficient (Wildman–Crippen LogP) is 1.75. The van der Waals surface area contributed by atoms with Gasteiger partial charge in [0.25, 0.3) is 0 Å². The molecule has 0 atom stereocenters. The summed E-state index contributed by atoms with van der Waals surface area (Å²) < 4.78 is 31.7. The zero-order chi connectivity index (χ0) is 13.1. The van der Waals surface area contributed by atoms with E-state index in [2.05, 4.69) is 4.18 Å². The third-order valence-electron chi connectivity index (χ3n) is 2.04. The minimum Gasteiger partial charge on any atom is -0.298 e. The number of rotatable bonds is 5.